The molecule has 0 aromatic heterocycles. The molecular formula is C10H8F2N2O2. The Labute approximate surface area is 89.9 Å². The fourth-order valence-corrected chi connectivity index (χ4v) is 1.31. The maximum absolute atomic E-state index is 12.4. The van der Waals surface area contributed by atoms with Crippen molar-refractivity contribution < 1.29 is 18.7 Å². The number of carboxylic acids is 1. The normalized spacial score (nSPS) is 10.2. The Bertz CT molecular complexity index is 467. The highest BCUT2D eigenvalue weighted by atomic mass is 19.3. The van der Waals surface area contributed by atoms with Gasteiger partial charge in [-0.3, -0.25) is 0 Å². The third-order valence-electron chi connectivity index (χ3n) is 2.06. The number of rotatable bonds is 3. The molecule has 0 fully saturated rings. The van der Waals surface area contributed by atoms with Crippen LogP contribution in [0.1, 0.15) is 33.5 Å². The highest BCUT2D eigenvalue weighted by molar-refractivity contribution is 5.91. The summed E-state index contributed by atoms with van der Waals surface area (Å²) in [5.74, 6) is -1.42. The number of nitrogens with two attached hydrogens (primary N) is 1. The predicted molar refractivity (Wildman–Crippen MR) is 51.0 cm³/mol. The molecule has 1 rings (SSSR count). The highest BCUT2D eigenvalue weighted by Gasteiger charge is 2.18. The Hall–Kier alpha value is -2.00. The topological polar surface area (TPSA) is 87.1 Å². The first-order valence-electron chi connectivity index (χ1n) is 4.29. The van der Waals surface area contributed by atoms with E-state index in [0.29, 0.717) is 0 Å². The molecule has 0 aliphatic carbocycles. The quantitative estimate of drug-likeness (QED) is 0.820. The lowest BCUT2D eigenvalue weighted by Crippen LogP contribution is -2.08. The second-order valence-electron chi connectivity index (χ2n) is 3.02. The minimum Gasteiger partial charge on any atom is -0.478 e. The summed E-state index contributed by atoms with van der Waals surface area (Å²) in [5.41, 5.74) is 4.33. The van der Waals surface area contributed by atoms with Gasteiger partial charge in [-0.1, -0.05) is 0 Å². The summed E-state index contributed by atoms with van der Waals surface area (Å²) < 4.78 is 24.9. The molecule has 0 aliphatic heterocycles. The van der Waals surface area contributed by atoms with Crippen LogP contribution in [0.5, 0.6) is 0 Å². The van der Waals surface area contributed by atoms with E-state index < -0.39 is 23.5 Å². The largest absolute Gasteiger partial charge is 0.478 e. The van der Waals surface area contributed by atoms with Crippen molar-refractivity contribution in [1.29, 1.82) is 5.26 Å². The van der Waals surface area contributed by atoms with E-state index in [1.807, 2.05) is 0 Å². The number of nitriles is 1. The van der Waals surface area contributed by atoms with Crippen molar-refractivity contribution in [2.24, 2.45) is 5.73 Å². The first kappa shape index (κ1) is 12.1. The number of nitrogens with zero attached hydrogens (tertiary/aromatic N) is 1. The van der Waals surface area contributed by atoms with Gasteiger partial charge >= 0.3 is 5.97 Å². The minimum absolute atomic E-state index is 0.109. The van der Waals surface area contributed by atoms with Crippen LogP contribution in [0.2, 0.25) is 0 Å². The average molecular weight is 226 g/mol. The van der Waals surface area contributed by atoms with Gasteiger partial charge in [0.25, 0.3) is 6.43 Å². The van der Waals surface area contributed by atoms with Gasteiger partial charge in [-0.25, -0.2) is 13.6 Å². The van der Waals surface area contributed by atoms with Crippen molar-refractivity contribution in [3.8, 4) is 6.07 Å². The van der Waals surface area contributed by atoms with Gasteiger partial charge < -0.3 is 10.8 Å². The lowest BCUT2D eigenvalue weighted by Gasteiger charge is -2.08. The van der Waals surface area contributed by atoms with E-state index in [1.54, 1.807) is 6.07 Å². The van der Waals surface area contributed by atoms with Crippen molar-refractivity contribution in [3.05, 3.63) is 34.4 Å². The van der Waals surface area contributed by atoms with Gasteiger partial charge in [0.05, 0.1) is 11.1 Å². The summed E-state index contributed by atoms with van der Waals surface area (Å²) in [6, 6.07) is 3.50. The monoisotopic (exact) mass is 226 g/mol. The third kappa shape index (κ3) is 2.15. The Morgan fingerprint density at radius 2 is 2.19 bits per heavy atom. The Kier molecular flexibility index (Phi) is 3.53. The van der Waals surface area contributed by atoms with Crippen molar-refractivity contribution in [1.82, 2.24) is 0 Å². The van der Waals surface area contributed by atoms with Crippen LogP contribution in [0, 0.1) is 11.3 Å². The lowest BCUT2D eigenvalue weighted by atomic mass is 9.98. The molecule has 16 heavy (non-hydrogen) atoms. The van der Waals surface area contributed by atoms with Gasteiger partial charge in [-0.05, 0) is 17.7 Å². The highest BCUT2D eigenvalue weighted by Crippen LogP contribution is 2.24. The molecule has 1 aromatic rings. The van der Waals surface area contributed by atoms with Crippen LogP contribution in [0.15, 0.2) is 12.1 Å². The number of hydrogen-bond acceptors (Lipinski definition) is 3. The molecule has 6 heteroatoms. The van der Waals surface area contributed by atoms with E-state index in [0.717, 1.165) is 12.1 Å². The molecule has 0 saturated heterocycles. The number of benzene rings is 1. The zero-order chi connectivity index (χ0) is 12.3. The molecule has 0 radical (unpaired) electrons. The second-order valence-corrected chi connectivity index (χ2v) is 3.02. The lowest BCUT2D eigenvalue weighted by molar-refractivity contribution is 0.0696. The molecule has 0 amide bonds. The van der Waals surface area contributed by atoms with Crippen molar-refractivity contribution in [2.75, 3.05) is 0 Å². The molecule has 0 spiro atoms. The molecule has 1 aromatic carbocycles. The van der Waals surface area contributed by atoms with Gasteiger partial charge in [0, 0.05) is 12.1 Å². The molecule has 0 heterocycles. The number of alkyl halides is 2. The molecule has 4 nitrogen and oxygen atoms in total. The number of hydrogen-bond donors (Lipinski definition) is 2. The Balaban J connectivity index is 3.51. The van der Waals surface area contributed by atoms with Crippen molar-refractivity contribution in [3.63, 3.8) is 0 Å². The molecular weight excluding hydrogens is 218 g/mol. The van der Waals surface area contributed by atoms with Crippen LogP contribution in [-0.2, 0) is 6.54 Å². The van der Waals surface area contributed by atoms with E-state index in [1.165, 1.54) is 0 Å². The van der Waals surface area contributed by atoms with Crippen LogP contribution >= 0.6 is 0 Å². The molecule has 84 valence electrons. The average Bonchev–Trinajstić information content (AvgIpc) is 2.26. The summed E-state index contributed by atoms with van der Waals surface area (Å²) in [6.07, 6.45) is -2.80. The van der Waals surface area contributed by atoms with E-state index in [4.69, 9.17) is 16.1 Å². The standard InChI is InChI=1S/C10H8F2N2O2/c11-9(12)5-1-6(3-13)8(4-14)7(2-5)10(15)16/h1-2,9H,3,13H2,(H,15,16). The van der Waals surface area contributed by atoms with Gasteiger partial charge in [0.15, 0.2) is 0 Å². The van der Waals surface area contributed by atoms with Gasteiger partial charge in [0.2, 0.25) is 0 Å². The number of halogens is 2. The summed E-state index contributed by atoms with van der Waals surface area (Å²) >= 11 is 0. The second kappa shape index (κ2) is 4.68. The number of carboxylic acid groups (broad SMARTS) is 1. The van der Waals surface area contributed by atoms with E-state index in [-0.39, 0.29) is 17.7 Å². The molecule has 0 atom stereocenters. The fraction of sp³-hybridized carbons (Fsp3) is 0.200. The maximum Gasteiger partial charge on any atom is 0.337 e. The SMILES string of the molecule is N#Cc1c(CN)cc(C(F)F)cc1C(=O)O. The first-order chi connectivity index (χ1) is 7.51. The third-order valence-corrected chi connectivity index (χ3v) is 2.06. The van der Waals surface area contributed by atoms with Gasteiger partial charge in [0.1, 0.15) is 6.07 Å². The van der Waals surface area contributed by atoms with Gasteiger partial charge in [-0.15, -0.1) is 0 Å². The van der Waals surface area contributed by atoms with E-state index >= 15 is 0 Å². The van der Waals surface area contributed by atoms with E-state index in [2.05, 4.69) is 0 Å². The van der Waals surface area contributed by atoms with Crippen LogP contribution in [0.25, 0.3) is 0 Å². The van der Waals surface area contributed by atoms with Crippen molar-refractivity contribution in [2.45, 2.75) is 13.0 Å². The Morgan fingerprint density at radius 1 is 1.56 bits per heavy atom. The van der Waals surface area contributed by atoms with Crippen LogP contribution in [0.4, 0.5) is 8.78 Å². The first-order valence-corrected chi connectivity index (χ1v) is 4.29. The zero-order valence-corrected chi connectivity index (χ0v) is 8.08. The predicted octanol–water partition coefficient (Wildman–Crippen LogP) is 1.65. The number of carbonyl (C=O) groups is 1. The summed E-state index contributed by atoms with van der Waals surface area (Å²) in [4.78, 5) is 10.8. The molecule has 0 aliphatic rings. The van der Waals surface area contributed by atoms with Crippen molar-refractivity contribution >= 4 is 5.97 Å². The fourth-order valence-electron chi connectivity index (χ4n) is 1.31. The van der Waals surface area contributed by atoms with Crippen LogP contribution < -0.4 is 5.73 Å². The molecule has 3 N–H and O–H groups in total. The number of aromatic carboxylic acids is 1. The summed E-state index contributed by atoms with van der Waals surface area (Å²) in [5, 5.41) is 17.5. The minimum atomic E-state index is -2.80. The molecule has 0 bridgehead atoms. The summed E-state index contributed by atoms with van der Waals surface area (Å²) in [6.45, 7) is -0.163. The van der Waals surface area contributed by atoms with Crippen LogP contribution in [0.3, 0.4) is 0 Å². The maximum atomic E-state index is 12.4. The van der Waals surface area contributed by atoms with E-state index in [9.17, 15) is 13.6 Å². The van der Waals surface area contributed by atoms with Crippen LogP contribution in [-0.4, -0.2) is 11.1 Å². The van der Waals surface area contributed by atoms with Gasteiger partial charge in [-0.2, -0.15) is 5.26 Å². The smallest absolute Gasteiger partial charge is 0.337 e. The molecule has 0 unspecified atom stereocenters. The Morgan fingerprint density at radius 3 is 2.56 bits per heavy atom. The zero-order valence-electron chi connectivity index (χ0n) is 8.08. The summed E-state index contributed by atoms with van der Waals surface area (Å²) in [7, 11) is 0. The molecule has 0 saturated carbocycles.